The lowest BCUT2D eigenvalue weighted by atomic mass is 10.2. The number of nitriles is 1. The fourth-order valence-corrected chi connectivity index (χ4v) is 2.58. The van der Waals surface area contributed by atoms with Gasteiger partial charge >= 0.3 is 0 Å². The molecule has 0 radical (unpaired) electrons. The van der Waals surface area contributed by atoms with E-state index in [-0.39, 0.29) is 6.04 Å². The molecule has 0 aromatic carbocycles. The number of halogens is 1. The Labute approximate surface area is 89.7 Å². The van der Waals surface area contributed by atoms with Crippen LogP contribution in [0.4, 0.5) is 0 Å². The first-order valence-electron chi connectivity index (χ1n) is 4.20. The molecule has 1 atom stereocenters. The Hall–Kier alpha value is -0.370. The van der Waals surface area contributed by atoms with Crippen molar-refractivity contribution < 1.29 is 0 Å². The van der Waals surface area contributed by atoms with Gasteiger partial charge in [-0.15, -0.1) is 11.3 Å². The number of rotatable bonds is 3. The first kappa shape index (κ1) is 9.20. The van der Waals surface area contributed by atoms with Gasteiger partial charge in [-0.1, -0.05) is 0 Å². The minimum Gasteiger partial charge on any atom is -0.295 e. The van der Waals surface area contributed by atoms with Crippen molar-refractivity contribution in [3.63, 3.8) is 0 Å². The van der Waals surface area contributed by atoms with Crippen molar-refractivity contribution in [2.75, 3.05) is 0 Å². The predicted molar refractivity (Wildman–Crippen MR) is 56.5 cm³/mol. The van der Waals surface area contributed by atoms with Gasteiger partial charge in [-0.3, -0.25) is 5.32 Å². The van der Waals surface area contributed by atoms with E-state index >= 15 is 0 Å². The average molecular weight is 257 g/mol. The first-order valence-corrected chi connectivity index (χ1v) is 5.81. The highest BCUT2D eigenvalue weighted by Gasteiger charge is 2.25. The summed E-state index contributed by atoms with van der Waals surface area (Å²) in [5, 5.41) is 12.2. The summed E-state index contributed by atoms with van der Waals surface area (Å²) < 4.78 is 1.08. The topological polar surface area (TPSA) is 35.8 Å². The van der Waals surface area contributed by atoms with Gasteiger partial charge in [-0.25, -0.2) is 0 Å². The van der Waals surface area contributed by atoms with Crippen LogP contribution in [-0.4, -0.2) is 6.04 Å². The third-order valence-electron chi connectivity index (χ3n) is 1.99. The van der Waals surface area contributed by atoms with Crippen LogP contribution in [0.2, 0.25) is 0 Å². The standard InChI is InChI=1S/C9H9BrN2S/c10-9-4-3-8(13-9)7(5-11)12-6-1-2-6/h3-4,6-7,12H,1-2H2. The molecule has 13 heavy (non-hydrogen) atoms. The van der Waals surface area contributed by atoms with E-state index in [2.05, 4.69) is 27.3 Å². The molecule has 1 aliphatic rings. The van der Waals surface area contributed by atoms with Crippen LogP contribution in [0.5, 0.6) is 0 Å². The smallest absolute Gasteiger partial charge is 0.130 e. The zero-order chi connectivity index (χ0) is 9.26. The fraction of sp³-hybridized carbons (Fsp3) is 0.444. The van der Waals surface area contributed by atoms with E-state index in [0.717, 1.165) is 8.66 Å². The molecule has 4 heteroatoms. The van der Waals surface area contributed by atoms with Crippen LogP contribution < -0.4 is 5.32 Å². The molecule has 1 aromatic rings. The minimum absolute atomic E-state index is 0.121. The van der Waals surface area contributed by atoms with Crippen molar-refractivity contribution in [3.05, 3.63) is 20.8 Å². The number of hydrogen-bond acceptors (Lipinski definition) is 3. The largest absolute Gasteiger partial charge is 0.295 e. The molecule has 68 valence electrons. The van der Waals surface area contributed by atoms with Crippen molar-refractivity contribution >= 4 is 27.3 Å². The third kappa shape index (κ3) is 2.31. The molecule has 0 spiro atoms. The Bertz CT molecular complexity index is 338. The monoisotopic (exact) mass is 256 g/mol. The van der Waals surface area contributed by atoms with E-state index in [1.165, 1.54) is 12.8 Å². The third-order valence-corrected chi connectivity index (χ3v) is 3.68. The normalized spacial score (nSPS) is 18.2. The molecule has 1 saturated carbocycles. The molecule has 0 amide bonds. The molecular weight excluding hydrogens is 248 g/mol. The summed E-state index contributed by atoms with van der Waals surface area (Å²) in [5.41, 5.74) is 0. The maximum absolute atomic E-state index is 8.94. The predicted octanol–water partition coefficient (Wildman–Crippen LogP) is 2.83. The van der Waals surface area contributed by atoms with Crippen LogP contribution >= 0.6 is 27.3 Å². The molecule has 1 unspecified atom stereocenters. The van der Waals surface area contributed by atoms with Gasteiger partial charge in [0.1, 0.15) is 6.04 Å². The molecule has 2 nitrogen and oxygen atoms in total. The molecule has 1 heterocycles. The number of nitrogens with one attached hydrogen (secondary N) is 1. The molecule has 0 aliphatic heterocycles. The summed E-state index contributed by atoms with van der Waals surface area (Å²) in [7, 11) is 0. The van der Waals surface area contributed by atoms with Crippen molar-refractivity contribution in [1.29, 1.82) is 5.26 Å². The van der Waals surface area contributed by atoms with Crippen molar-refractivity contribution in [3.8, 4) is 6.07 Å². The summed E-state index contributed by atoms with van der Waals surface area (Å²) in [5.74, 6) is 0. The van der Waals surface area contributed by atoms with E-state index in [4.69, 9.17) is 5.26 Å². The SMILES string of the molecule is N#CC(NC1CC1)c1ccc(Br)s1. The number of hydrogen-bond donors (Lipinski definition) is 1. The quantitative estimate of drug-likeness (QED) is 0.903. The summed E-state index contributed by atoms with van der Waals surface area (Å²) in [4.78, 5) is 1.10. The Kier molecular flexibility index (Phi) is 2.68. The molecular formula is C9H9BrN2S. The lowest BCUT2D eigenvalue weighted by molar-refractivity contribution is 0.634. The zero-order valence-corrected chi connectivity index (χ0v) is 9.36. The molecule has 0 saturated heterocycles. The van der Waals surface area contributed by atoms with Crippen LogP contribution in [0, 0.1) is 11.3 Å². The first-order chi connectivity index (χ1) is 6.29. The molecule has 0 bridgehead atoms. The van der Waals surface area contributed by atoms with Crippen LogP contribution in [0.1, 0.15) is 23.8 Å². The van der Waals surface area contributed by atoms with Gasteiger partial charge in [0.05, 0.1) is 9.86 Å². The van der Waals surface area contributed by atoms with E-state index < -0.39 is 0 Å². The molecule has 1 N–H and O–H groups in total. The summed E-state index contributed by atoms with van der Waals surface area (Å²) in [6.07, 6.45) is 2.43. The molecule has 1 aliphatic carbocycles. The zero-order valence-electron chi connectivity index (χ0n) is 6.96. The van der Waals surface area contributed by atoms with Gasteiger partial charge in [0, 0.05) is 10.9 Å². The highest BCUT2D eigenvalue weighted by Crippen LogP contribution is 2.30. The van der Waals surface area contributed by atoms with Gasteiger partial charge in [-0.2, -0.15) is 5.26 Å². The van der Waals surface area contributed by atoms with Gasteiger partial charge in [0.2, 0.25) is 0 Å². The van der Waals surface area contributed by atoms with Gasteiger partial charge < -0.3 is 0 Å². The maximum Gasteiger partial charge on any atom is 0.130 e. The van der Waals surface area contributed by atoms with Crippen molar-refractivity contribution in [1.82, 2.24) is 5.32 Å². The second kappa shape index (κ2) is 3.79. The summed E-state index contributed by atoms with van der Waals surface area (Å²) >= 11 is 5.01. The van der Waals surface area contributed by atoms with E-state index in [1.807, 2.05) is 12.1 Å². The average Bonchev–Trinajstić information content (AvgIpc) is 2.84. The van der Waals surface area contributed by atoms with E-state index in [1.54, 1.807) is 11.3 Å². The highest BCUT2D eigenvalue weighted by atomic mass is 79.9. The van der Waals surface area contributed by atoms with Crippen molar-refractivity contribution in [2.45, 2.75) is 24.9 Å². The summed E-state index contributed by atoms with van der Waals surface area (Å²) in [6, 6.07) is 6.72. The Morgan fingerprint density at radius 3 is 2.85 bits per heavy atom. The van der Waals surface area contributed by atoms with Gasteiger partial charge in [0.15, 0.2) is 0 Å². The van der Waals surface area contributed by atoms with Crippen molar-refractivity contribution in [2.24, 2.45) is 0 Å². The fourth-order valence-electron chi connectivity index (χ4n) is 1.15. The second-order valence-electron chi connectivity index (χ2n) is 3.14. The number of nitrogens with zero attached hydrogens (tertiary/aromatic N) is 1. The van der Waals surface area contributed by atoms with Gasteiger partial charge in [0.25, 0.3) is 0 Å². The van der Waals surface area contributed by atoms with E-state index in [9.17, 15) is 0 Å². The Balaban J connectivity index is 2.07. The Morgan fingerprint density at radius 2 is 2.38 bits per heavy atom. The molecule has 1 aromatic heterocycles. The van der Waals surface area contributed by atoms with Crippen LogP contribution in [-0.2, 0) is 0 Å². The molecule has 1 fully saturated rings. The minimum atomic E-state index is -0.121. The lowest BCUT2D eigenvalue weighted by Crippen LogP contribution is -2.20. The second-order valence-corrected chi connectivity index (χ2v) is 5.64. The lowest BCUT2D eigenvalue weighted by Gasteiger charge is -2.07. The maximum atomic E-state index is 8.94. The van der Waals surface area contributed by atoms with Crippen LogP contribution in [0.25, 0.3) is 0 Å². The summed E-state index contributed by atoms with van der Waals surface area (Å²) in [6.45, 7) is 0. The number of thiophene rings is 1. The Morgan fingerprint density at radius 1 is 1.62 bits per heavy atom. The van der Waals surface area contributed by atoms with Gasteiger partial charge in [-0.05, 0) is 40.9 Å². The molecule has 2 rings (SSSR count). The van der Waals surface area contributed by atoms with E-state index in [0.29, 0.717) is 6.04 Å². The van der Waals surface area contributed by atoms with Crippen LogP contribution in [0.3, 0.4) is 0 Å². The highest BCUT2D eigenvalue weighted by molar-refractivity contribution is 9.11. The van der Waals surface area contributed by atoms with Crippen LogP contribution in [0.15, 0.2) is 15.9 Å².